The minimum atomic E-state index is 0.456. The summed E-state index contributed by atoms with van der Waals surface area (Å²) in [6, 6.07) is 4.11. The molecule has 0 saturated heterocycles. The van der Waals surface area contributed by atoms with E-state index < -0.39 is 0 Å². The maximum absolute atomic E-state index is 5.99. The van der Waals surface area contributed by atoms with Crippen molar-refractivity contribution in [1.82, 2.24) is 4.98 Å². The van der Waals surface area contributed by atoms with Crippen molar-refractivity contribution in [3.8, 4) is 0 Å². The number of hydrogen-bond donors (Lipinski definition) is 1. The van der Waals surface area contributed by atoms with Crippen LogP contribution in [0.3, 0.4) is 0 Å². The third-order valence-corrected chi connectivity index (χ3v) is 3.63. The molecule has 100 valence electrons. The van der Waals surface area contributed by atoms with Crippen LogP contribution in [0.5, 0.6) is 0 Å². The first kappa shape index (κ1) is 13.3. The maximum atomic E-state index is 5.99. The minimum Gasteiger partial charge on any atom is -0.374 e. The van der Waals surface area contributed by atoms with Gasteiger partial charge in [-0.25, -0.2) is 4.98 Å². The number of nitrogens with zero attached hydrogens (tertiary/aromatic N) is 1. The lowest BCUT2D eigenvalue weighted by Crippen LogP contribution is -2.20. The number of ether oxygens (including phenoxy) is 1. The summed E-state index contributed by atoms with van der Waals surface area (Å²) in [6.07, 6.45) is 7.35. The topological polar surface area (TPSA) is 34.1 Å². The molecule has 1 aromatic heterocycles. The zero-order valence-electron chi connectivity index (χ0n) is 11.5. The van der Waals surface area contributed by atoms with E-state index in [9.17, 15) is 0 Å². The van der Waals surface area contributed by atoms with Crippen LogP contribution >= 0.6 is 0 Å². The number of hydrogen-bond acceptors (Lipinski definition) is 3. The molecule has 0 spiro atoms. The molecule has 1 aromatic rings. The fourth-order valence-electron chi connectivity index (χ4n) is 2.45. The SMILES string of the molecule is CCNc1cc(COC2CCC(C)CC2)ccn1. The first-order chi connectivity index (χ1) is 8.78. The van der Waals surface area contributed by atoms with Gasteiger partial charge in [0.2, 0.25) is 0 Å². The number of aromatic nitrogens is 1. The molecule has 1 aliphatic carbocycles. The molecular formula is C15H24N2O. The lowest BCUT2D eigenvalue weighted by Gasteiger charge is -2.26. The molecule has 1 fully saturated rings. The number of anilines is 1. The predicted molar refractivity (Wildman–Crippen MR) is 74.6 cm³/mol. The van der Waals surface area contributed by atoms with Crippen molar-refractivity contribution in [2.24, 2.45) is 5.92 Å². The average molecular weight is 248 g/mol. The van der Waals surface area contributed by atoms with E-state index in [1.54, 1.807) is 0 Å². The third-order valence-electron chi connectivity index (χ3n) is 3.63. The van der Waals surface area contributed by atoms with Crippen molar-refractivity contribution >= 4 is 5.82 Å². The molecule has 18 heavy (non-hydrogen) atoms. The molecule has 0 bridgehead atoms. The lowest BCUT2D eigenvalue weighted by molar-refractivity contribution is 0.00876. The van der Waals surface area contributed by atoms with Crippen molar-refractivity contribution < 1.29 is 4.74 Å². The summed E-state index contributed by atoms with van der Waals surface area (Å²) < 4.78 is 5.99. The van der Waals surface area contributed by atoms with Gasteiger partial charge < -0.3 is 10.1 Å². The fourth-order valence-corrected chi connectivity index (χ4v) is 2.45. The highest BCUT2D eigenvalue weighted by molar-refractivity contribution is 5.36. The van der Waals surface area contributed by atoms with Crippen molar-refractivity contribution in [3.05, 3.63) is 23.9 Å². The Labute approximate surface area is 110 Å². The summed E-state index contributed by atoms with van der Waals surface area (Å²) in [5.41, 5.74) is 1.21. The highest BCUT2D eigenvalue weighted by atomic mass is 16.5. The molecule has 1 saturated carbocycles. The van der Waals surface area contributed by atoms with Crippen LogP contribution in [0.2, 0.25) is 0 Å². The van der Waals surface area contributed by atoms with E-state index in [2.05, 4.69) is 30.2 Å². The monoisotopic (exact) mass is 248 g/mol. The molecule has 0 atom stereocenters. The van der Waals surface area contributed by atoms with Gasteiger partial charge in [-0.05, 0) is 56.2 Å². The number of rotatable bonds is 5. The smallest absolute Gasteiger partial charge is 0.126 e. The largest absolute Gasteiger partial charge is 0.374 e. The van der Waals surface area contributed by atoms with Crippen molar-refractivity contribution in [2.45, 2.75) is 52.2 Å². The molecule has 0 unspecified atom stereocenters. The van der Waals surface area contributed by atoms with Crippen LogP contribution < -0.4 is 5.32 Å². The van der Waals surface area contributed by atoms with E-state index in [0.717, 1.165) is 18.3 Å². The Kier molecular flexibility index (Phi) is 5.00. The molecule has 3 nitrogen and oxygen atoms in total. The van der Waals surface area contributed by atoms with Gasteiger partial charge in [-0.1, -0.05) is 6.92 Å². The number of pyridine rings is 1. The van der Waals surface area contributed by atoms with Gasteiger partial charge in [0.1, 0.15) is 5.82 Å². The predicted octanol–water partition coefficient (Wildman–Crippen LogP) is 3.61. The van der Waals surface area contributed by atoms with E-state index in [4.69, 9.17) is 4.74 Å². The molecule has 1 aliphatic rings. The standard InChI is InChI=1S/C15H24N2O/c1-3-16-15-10-13(8-9-17-15)11-18-14-6-4-12(2)5-7-14/h8-10,12,14H,3-7,11H2,1-2H3,(H,16,17). The molecule has 2 rings (SSSR count). The summed E-state index contributed by atoms with van der Waals surface area (Å²) in [7, 11) is 0. The molecule has 1 N–H and O–H groups in total. The Balaban J connectivity index is 1.80. The van der Waals surface area contributed by atoms with Crippen LogP contribution in [0, 0.1) is 5.92 Å². The highest BCUT2D eigenvalue weighted by Gasteiger charge is 2.18. The highest BCUT2D eigenvalue weighted by Crippen LogP contribution is 2.26. The first-order valence-electron chi connectivity index (χ1n) is 7.08. The molecule has 3 heteroatoms. The number of nitrogens with one attached hydrogen (secondary N) is 1. The van der Waals surface area contributed by atoms with Crippen LogP contribution in [0.25, 0.3) is 0 Å². The van der Waals surface area contributed by atoms with Gasteiger partial charge in [-0.15, -0.1) is 0 Å². The normalized spacial score (nSPS) is 23.9. The Bertz CT molecular complexity index is 359. The second-order valence-corrected chi connectivity index (χ2v) is 5.27. The minimum absolute atomic E-state index is 0.456. The fraction of sp³-hybridized carbons (Fsp3) is 0.667. The van der Waals surface area contributed by atoms with Crippen molar-refractivity contribution in [1.29, 1.82) is 0 Å². The lowest BCUT2D eigenvalue weighted by atomic mass is 9.89. The summed E-state index contributed by atoms with van der Waals surface area (Å²) in [5, 5.41) is 3.22. The average Bonchev–Trinajstić information content (AvgIpc) is 2.39. The summed E-state index contributed by atoms with van der Waals surface area (Å²) in [4.78, 5) is 4.27. The van der Waals surface area contributed by atoms with Crippen LogP contribution in [-0.4, -0.2) is 17.6 Å². The Morgan fingerprint density at radius 1 is 1.33 bits per heavy atom. The summed E-state index contributed by atoms with van der Waals surface area (Å²) >= 11 is 0. The van der Waals surface area contributed by atoms with E-state index in [-0.39, 0.29) is 0 Å². The Morgan fingerprint density at radius 2 is 2.11 bits per heavy atom. The van der Waals surface area contributed by atoms with E-state index in [1.165, 1.54) is 31.2 Å². The van der Waals surface area contributed by atoms with Gasteiger partial charge in [0.05, 0.1) is 12.7 Å². The van der Waals surface area contributed by atoms with Gasteiger partial charge in [-0.2, -0.15) is 0 Å². The van der Waals surface area contributed by atoms with Crippen LogP contribution in [0.1, 0.15) is 45.1 Å². The van der Waals surface area contributed by atoms with Gasteiger partial charge in [0.15, 0.2) is 0 Å². The molecule has 0 amide bonds. The van der Waals surface area contributed by atoms with Crippen LogP contribution in [0.15, 0.2) is 18.3 Å². The molecular weight excluding hydrogens is 224 g/mol. The summed E-state index contributed by atoms with van der Waals surface area (Å²) in [6.45, 7) is 6.02. The second kappa shape index (κ2) is 6.74. The van der Waals surface area contributed by atoms with Crippen LogP contribution in [0.4, 0.5) is 5.82 Å². The second-order valence-electron chi connectivity index (χ2n) is 5.27. The van der Waals surface area contributed by atoms with E-state index in [1.807, 2.05) is 12.3 Å². The molecule has 0 aliphatic heterocycles. The van der Waals surface area contributed by atoms with Gasteiger partial charge in [0.25, 0.3) is 0 Å². The molecule has 1 heterocycles. The van der Waals surface area contributed by atoms with Gasteiger partial charge in [-0.3, -0.25) is 0 Å². The summed E-state index contributed by atoms with van der Waals surface area (Å²) in [5.74, 6) is 1.82. The Morgan fingerprint density at radius 3 is 2.83 bits per heavy atom. The van der Waals surface area contributed by atoms with E-state index in [0.29, 0.717) is 12.7 Å². The Hall–Kier alpha value is -1.09. The third kappa shape index (κ3) is 3.98. The zero-order chi connectivity index (χ0) is 12.8. The van der Waals surface area contributed by atoms with Crippen molar-refractivity contribution in [2.75, 3.05) is 11.9 Å². The van der Waals surface area contributed by atoms with Crippen LogP contribution in [-0.2, 0) is 11.3 Å². The van der Waals surface area contributed by atoms with Crippen molar-refractivity contribution in [3.63, 3.8) is 0 Å². The zero-order valence-corrected chi connectivity index (χ0v) is 11.5. The van der Waals surface area contributed by atoms with Gasteiger partial charge in [0, 0.05) is 12.7 Å². The quantitative estimate of drug-likeness (QED) is 0.864. The van der Waals surface area contributed by atoms with Gasteiger partial charge >= 0.3 is 0 Å². The first-order valence-corrected chi connectivity index (χ1v) is 7.08. The van der Waals surface area contributed by atoms with E-state index >= 15 is 0 Å². The molecule has 0 aromatic carbocycles. The maximum Gasteiger partial charge on any atom is 0.126 e. The molecule has 0 radical (unpaired) electrons.